The highest BCUT2D eigenvalue weighted by Crippen LogP contribution is 2.50. The zero-order valence-electron chi connectivity index (χ0n) is 11.1. The van der Waals surface area contributed by atoms with Crippen LogP contribution in [0.4, 0.5) is 0 Å². The number of carbonyl (C=O) groups is 2. The number of carbonyl (C=O) groups excluding carboxylic acids is 1. The molecule has 4 heteroatoms. The van der Waals surface area contributed by atoms with Crippen molar-refractivity contribution >= 4 is 11.9 Å². The lowest BCUT2D eigenvalue weighted by Gasteiger charge is -2.22. The number of carboxylic acids is 1. The third-order valence-electron chi connectivity index (χ3n) is 3.03. The average molecular weight is 242 g/mol. The summed E-state index contributed by atoms with van der Waals surface area (Å²) in [4.78, 5) is 22.7. The van der Waals surface area contributed by atoms with Gasteiger partial charge in [-0.1, -0.05) is 6.92 Å². The van der Waals surface area contributed by atoms with Crippen LogP contribution in [0.5, 0.6) is 0 Å². The van der Waals surface area contributed by atoms with E-state index in [1.54, 1.807) is 20.8 Å². The topological polar surface area (TPSA) is 63.6 Å². The summed E-state index contributed by atoms with van der Waals surface area (Å²) < 4.78 is 5.15. The minimum Gasteiger partial charge on any atom is -0.481 e. The van der Waals surface area contributed by atoms with Gasteiger partial charge in [-0.15, -0.1) is 0 Å². The molecule has 0 spiro atoms. The predicted molar refractivity (Wildman–Crippen MR) is 63.5 cm³/mol. The second-order valence-corrected chi connectivity index (χ2v) is 6.34. The van der Waals surface area contributed by atoms with Crippen molar-refractivity contribution in [2.45, 2.75) is 59.0 Å². The minimum atomic E-state index is -0.899. The summed E-state index contributed by atoms with van der Waals surface area (Å²) in [6.07, 6.45) is 2.67. The Morgan fingerprint density at radius 2 is 1.88 bits per heavy atom. The third-order valence-corrected chi connectivity index (χ3v) is 3.03. The maximum absolute atomic E-state index is 11.6. The van der Waals surface area contributed by atoms with E-state index < -0.39 is 23.5 Å². The molecule has 17 heavy (non-hydrogen) atoms. The number of aliphatic carboxylic acids is 1. The zero-order valence-corrected chi connectivity index (χ0v) is 11.1. The molecule has 0 aromatic heterocycles. The van der Waals surface area contributed by atoms with Gasteiger partial charge >= 0.3 is 11.9 Å². The molecule has 1 aliphatic carbocycles. The van der Waals surface area contributed by atoms with Crippen LogP contribution in [0.2, 0.25) is 0 Å². The third kappa shape index (κ3) is 5.20. The van der Waals surface area contributed by atoms with E-state index in [2.05, 4.69) is 6.92 Å². The molecule has 98 valence electrons. The van der Waals surface area contributed by atoms with Crippen LogP contribution in [-0.4, -0.2) is 22.6 Å². The standard InChI is InChI=1S/C13H22O4/c1-12(2,3)17-10(14)7-9(11(15)16)8-13(4)5-6-13/h9H,5-8H2,1-4H3,(H,15,16)/t9-/m0/s1. The number of carboxylic acid groups (broad SMARTS) is 1. The molecule has 0 amide bonds. The molecule has 1 aliphatic rings. The molecule has 1 saturated carbocycles. The molecule has 1 fully saturated rings. The second kappa shape index (κ2) is 4.67. The van der Waals surface area contributed by atoms with E-state index in [0.29, 0.717) is 6.42 Å². The first-order chi connectivity index (χ1) is 7.61. The summed E-state index contributed by atoms with van der Waals surface area (Å²) in [6, 6.07) is 0. The fourth-order valence-electron chi connectivity index (χ4n) is 1.84. The number of rotatable bonds is 5. The van der Waals surface area contributed by atoms with Gasteiger partial charge in [-0.25, -0.2) is 0 Å². The van der Waals surface area contributed by atoms with Gasteiger partial charge in [0, 0.05) is 0 Å². The summed E-state index contributed by atoms with van der Waals surface area (Å²) in [6.45, 7) is 7.41. The number of esters is 1. The van der Waals surface area contributed by atoms with Crippen molar-refractivity contribution in [1.29, 1.82) is 0 Å². The Bertz CT molecular complexity index is 310. The van der Waals surface area contributed by atoms with Crippen LogP contribution in [0.1, 0.15) is 53.4 Å². The Balaban J connectivity index is 2.49. The first-order valence-corrected chi connectivity index (χ1v) is 6.06. The first-order valence-electron chi connectivity index (χ1n) is 6.06. The van der Waals surface area contributed by atoms with Crippen molar-refractivity contribution < 1.29 is 19.4 Å². The van der Waals surface area contributed by atoms with Crippen LogP contribution in [-0.2, 0) is 14.3 Å². The molecule has 0 radical (unpaired) electrons. The lowest BCUT2D eigenvalue weighted by atomic mass is 9.91. The summed E-state index contributed by atoms with van der Waals surface area (Å²) >= 11 is 0. The highest BCUT2D eigenvalue weighted by atomic mass is 16.6. The normalized spacial score (nSPS) is 19.5. The van der Waals surface area contributed by atoms with Crippen LogP contribution in [0, 0.1) is 11.3 Å². The molecule has 0 unspecified atom stereocenters. The van der Waals surface area contributed by atoms with E-state index in [4.69, 9.17) is 9.84 Å². The second-order valence-electron chi connectivity index (χ2n) is 6.34. The van der Waals surface area contributed by atoms with Crippen molar-refractivity contribution in [2.24, 2.45) is 11.3 Å². The lowest BCUT2D eigenvalue weighted by molar-refractivity contribution is -0.160. The Morgan fingerprint density at radius 1 is 1.35 bits per heavy atom. The van der Waals surface area contributed by atoms with Crippen molar-refractivity contribution in [2.75, 3.05) is 0 Å². The minimum absolute atomic E-state index is 0.0256. The van der Waals surface area contributed by atoms with E-state index >= 15 is 0 Å². The molecule has 0 aliphatic heterocycles. The van der Waals surface area contributed by atoms with Gasteiger partial charge in [-0.2, -0.15) is 0 Å². The van der Waals surface area contributed by atoms with Crippen LogP contribution < -0.4 is 0 Å². The number of ether oxygens (including phenoxy) is 1. The van der Waals surface area contributed by atoms with Crippen LogP contribution in [0.3, 0.4) is 0 Å². The molecule has 0 saturated heterocycles. The van der Waals surface area contributed by atoms with E-state index in [1.165, 1.54) is 0 Å². The van der Waals surface area contributed by atoms with Crippen LogP contribution >= 0.6 is 0 Å². The van der Waals surface area contributed by atoms with Crippen LogP contribution in [0.15, 0.2) is 0 Å². The molecular weight excluding hydrogens is 220 g/mol. The number of hydrogen-bond donors (Lipinski definition) is 1. The van der Waals surface area contributed by atoms with E-state index in [0.717, 1.165) is 12.8 Å². The molecule has 1 atom stereocenters. The van der Waals surface area contributed by atoms with Gasteiger partial charge in [0.15, 0.2) is 0 Å². The molecule has 0 aromatic carbocycles. The van der Waals surface area contributed by atoms with Gasteiger partial charge < -0.3 is 9.84 Å². The zero-order chi connectivity index (χ0) is 13.3. The highest BCUT2D eigenvalue weighted by Gasteiger charge is 2.41. The van der Waals surface area contributed by atoms with E-state index in [-0.39, 0.29) is 11.8 Å². The monoisotopic (exact) mass is 242 g/mol. The Kier molecular flexibility index (Phi) is 3.84. The predicted octanol–water partition coefficient (Wildman–Crippen LogP) is 2.61. The van der Waals surface area contributed by atoms with Crippen molar-refractivity contribution in [3.05, 3.63) is 0 Å². The van der Waals surface area contributed by atoms with Crippen molar-refractivity contribution in [1.82, 2.24) is 0 Å². The summed E-state index contributed by atoms with van der Waals surface area (Å²) in [5.41, 5.74) is -0.422. The Hall–Kier alpha value is -1.06. The Labute approximate surface area is 102 Å². The summed E-state index contributed by atoms with van der Waals surface area (Å²) in [5.74, 6) is -1.93. The van der Waals surface area contributed by atoms with Crippen molar-refractivity contribution in [3.63, 3.8) is 0 Å². The Morgan fingerprint density at radius 3 is 2.24 bits per heavy atom. The molecule has 0 aromatic rings. The SMILES string of the molecule is CC1(C[C@H](CC(=O)OC(C)(C)C)C(=O)O)CC1. The fourth-order valence-corrected chi connectivity index (χ4v) is 1.84. The van der Waals surface area contributed by atoms with Gasteiger partial charge in [-0.05, 0) is 45.4 Å². The van der Waals surface area contributed by atoms with Gasteiger partial charge in [0.05, 0.1) is 12.3 Å². The first kappa shape index (κ1) is 14.0. The highest BCUT2D eigenvalue weighted by molar-refractivity contribution is 5.79. The summed E-state index contributed by atoms with van der Waals surface area (Å²) in [5, 5.41) is 9.10. The van der Waals surface area contributed by atoms with Crippen molar-refractivity contribution in [3.8, 4) is 0 Å². The van der Waals surface area contributed by atoms with Gasteiger partial charge in [0.1, 0.15) is 5.60 Å². The maximum Gasteiger partial charge on any atom is 0.307 e. The molecule has 0 heterocycles. The lowest BCUT2D eigenvalue weighted by Crippen LogP contribution is -2.28. The fraction of sp³-hybridized carbons (Fsp3) is 0.846. The molecule has 1 rings (SSSR count). The molecular formula is C13H22O4. The molecule has 0 bridgehead atoms. The maximum atomic E-state index is 11.6. The van der Waals surface area contributed by atoms with E-state index in [9.17, 15) is 9.59 Å². The average Bonchev–Trinajstić information content (AvgIpc) is 2.78. The van der Waals surface area contributed by atoms with Gasteiger partial charge in [0.25, 0.3) is 0 Å². The van der Waals surface area contributed by atoms with Gasteiger partial charge in [0.2, 0.25) is 0 Å². The van der Waals surface area contributed by atoms with Crippen LogP contribution in [0.25, 0.3) is 0 Å². The molecule has 4 nitrogen and oxygen atoms in total. The summed E-state index contributed by atoms with van der Waals surface area (Å²) in [7, 11) is 0. The van der Waals surface area contributed by atoms with Gasteiger partial charge in [-0.3, -0.25) is 9.59 Å². The van der Waals surface area contributed by atoms with E-state index in [1.807, 2.05) is 0 Å². The smallest absolute Gasteiger partial charge is 0.307 e. The quantitative estimate of drug-likeness (QED) is 0.753. The molecule has 1 N–H and O–H groups in total. The number of hydrogen-bond acceptors (Lipinski definition) is 3. The largest absolute Gasteiger partial charge is 0.481 e.